The number of benzene rings is 4. The van der Waals surface area contributed by atoms with Crippen molar-refractivity contribution in [1.82, 2.24) is 0 Å². The minimum Gasteiger partial charge on any atom is -0.497 e. The molecule has 0 aliphatic carbocycles. The number of methoxy groups -OCH3 is 1. The van der Waals surface area contributed by atoms with Gasteiger partial charge in [0.05, 0.1) is 7.11 Å². The van der Waals surface area contributed by atoms with Gasteiger partial charge in [0, 0.05) is 17.1 Å². The van der Waals surface area contributed by atoms with E-state index in [9.17, 15) is 0 Å². The largest absolute Gasteiger partial charge is 0.497 e. The van der Waals surface area contributed by atoms with Gasteiger partial charge in [0.1, 0.15) is 5.75 Å². The van der Waals surface area contributed by atoms with Gasteiger partial charge in [-0.15, -0.1) is 0 Å². The van der Waals surface area contributed by atoms with Crippen LogP contribution in [-0.4, -0.2) is 7.11 Å². The zero-order valence-electron chi connectivity index (χ0n) is 20.3. The highest BCUT2D eigenvalue weighted by molar-refractivity contribution is 5.78. The van der Waals surface area contributed by atoms with Crippen molar-refractivity contribution in [2.45, 2.75) is 20.8 Å². The van der Waals surface area contributed by atoms with Crippen LogP contribution < -0.4 is 9.64 Å². The molecule has 0 N–H and O–H groups in total. The highest BCUT2D eigenvalue weighted by Crippen LogP contribution is 2.35. The highest BCUT2D eigenvalue weighted by atomic mass is 16.5. The van der Waals surface area contributed by atoms with E-state index in [0.717, 1.165) is 28.4 Å². The Hall–Kier alpha value is -4.04. The van der Waals surface area contributed by atoms with Crippen LogP contribution in [0.25, 0.3) is 11.6 Å². The molecule has 0 unspecified atom stereocenters. The Morgan fingerprint density at radius 2 is 1.12 bits per heavy atom. The first-order chi connectivity index (χ1) is 16.5. The van der Waals surface area contributed by atoms with Crippen molar-refractivity contribution >= 4 is 28.7 Å². The summed E-state index contributed by atoms with van der Waals surface area (Å²) in [5.74, 6) is 0.870. The predicted molar refractivity (Wildman–Crippen MR) is 146 cm³/mol. The molecule has 0 bridgehead atoms. The normalized spacial score (nSPS) is 11.6. The van der Waals surface area contributed by atoms with Gasteiger partial charge in [-0.05, 0) is 86.0 Å². The van der Waals surface area contributed by atoms with Crippen molar-refractivity contribution in [2.75, 3.05) is 12.0 Å². The number of allylic oxidation sites excluding steroid dienone is 3. The van der Waals surface area contributed by atoms with Crippen LogP contribution in [-0.2, 0) is 0 Å². The Kier molecular flexibility index (Phi) is 7.29. The average Bonchev–Trinajstić information content (AvgIpc) is 2.87. The standard InChI is InChI=1S/C32H31NO/c1-24-8-16-29(17-9-24)33(30-18-10-25(2)11-19-30)31-20-14-28(15-21-31)26(3)6-5-7-27-12-22-32(34-4)23-13-27/h5-23H,1-4H3. The molecule has 0 radical (unpaired) electrons. The van der Waals surface area contributed by atoms with Gasteiger partial charge in [-0.3, -0.25) is 0 Å². The molecule has 0 aliphatic heterocycles. The summed E-state index contributed by atoms with van der Waals surface area (Å²) in [4.78, 5) is 2.30. The van der Waals surface area contributed by atoms with Gasteiger partial charge < -0.3 is 9.64 Å². The first kappa shape index (κ1) is 23.1. The fourth-order valence-electron chi connectivity index (χ4n) is 3.82. The quantitative estimate of drug-likeness (QED) is 0.263. The lowest BCUT2D eigenvalue weighted by Crippen LogP contribution is -2.09. The molecule has 0 heterocycles. The van der Waals surface area contributed by atoms with E-state index in [1.54, 1.807) is 7.11 Å². The van der Waals surface area contributed by atoms with Crippen LogP contribution in [0.2, 0.25) is 0 Å². The fraction of sp³-hybridized carbons (Fsp3) is 0.125. The number of anilines is 3. The molecule has 0 atom stereocenters. The third kappa shape index (κ3) is 5.65. The van der Waals surface area contributed by atoms with Gasteiger partial charge in [0.15, 0.2) is 0 Å². The monoisotopic (exact) mass is 445 g/mol. The maximum atomic E-state index is 5.22. The zero-order valence-corrected chi connectivity index (χ0v) is 20.3. The van der Waals surface area contributed by atoms with Crippen molar-refractivity contribution < 1.29 is 4.74 Å². The Labute approximate surface area is 203 Å². The van der Waals surface area contributed by atoms with Crippen LogP contribution in [0.4, 0.5) is 17.1 Å². The fourth-order valence-corrected chi connectivity index (χ4v) is 3.82. The summed E-state index contributed by atoms with van der Waals surface area (Å²) in [6.45, 7) is 6.38. The van der Waals surface area contributed by atoms with Crippen molar-refractivity contribution in [1.29, 1.82) is 0 Å². The second-order valence-electron chi connectivity index (χ2n) is 8.54. The topological polar surface area (TPSA) is 12.5 Å². The number of rotatable bonds is 7. The number of ether oxygens (including phenoxy) is 1. The molecule has 0 saturated carbocycles. The molecule has 4 aromatic carbocycles. The second-order valence-corrected chi connectivity index (χ2v) is 8.54. The lowest BCUT2D eigenvalue weighted by molar-refractivity contribution is 0.415. The summed E-state index contributed by atoms with van der Waals surface area (Å²) >= 11 is 0. The van der Waals surface area contributed by atoms with E-state index in [0.29, 0.717) is 0 Å². The molecule has 2 nitrogen and oxygen atoms in total. The Morgan fingerprint density at radius 1 is 0.647 bits per heavy atom. The highest BCUT2D eigenvalue weighted by Gasteiger charge is 2.12. The Bertz CT molecular complexity index is 1220. The lowest BCUT2D eigenvalue weighted by Gasteiger charge is -2.26. The lowest BCUT2D eigenvalue weighted by atomic mass is 10.1. The Morgan fingerprint density at radius 3 is 1.59 bits per heavy atom. The third-order valence-electron chi connectivity index (χ3n) is 5.92. The van der Waals surface area contributed by atoms with Gasteiger partial charge in [0.2, 0.25) is 0 Å². The molecule has 0 saturated heterocycles. The first-order valence-electron chi connectivity index (χ1n) is 11.6. The van der Waals surface area contributed by atoms with E-state index in [4.69, 9.17) is 4.74 Å². The zero-order chi connectivity index (χ0) is 23.9. The number of aryl methyl sites for hydroxylation is 2. The molecule has 0 fully saturated rings. The number of hydrogen-bond donors (Lipinski definition) is 0. The molecule has 0 spiro atoms. The number of nitrogens with zero attached hydrogens (tertiary/aromatic N) is 1. The van der Waals surface area contributed by atoms with Crippen LogP contribution in [0, 0.1) is 13.8 Å². The molecule has 4 aromatic rings. The maximum absolute atomic E-state index is 5.22. The van der Waals surface area contributed by atoms with Crippen LogP contribution >= 0.6 is 0 Å². The second kappa shape index (κ2) is 10.7. The average molecular weight is 446 g/mol. The summed E-state index contributed by atoms with van der Waals surface area (Å²) < 4.78 is 5.22. The van der Waals surface area contributed by atoms with Gasteiger partial charge >= 0.3 is 0 Å². The van der Waals surface area contributed by atoms with Crippen molar-refractivity contribution in [3.05, 3.63) is 131 Å². The Balaban J connectivity index is 1.57. The molecule has 170 valence electrons. The molecule has 0 aromatic heterocycles. The van der Waals surface area contributed by atoms with E-state index in [1.165, 1.54) is 22.3 Å². The minimum absolute atomic E-state index is 0.870. The van der Waals surface area contributed by atoms with Gasteiger partial charge in [-0.2, -0.15) is 0 Å². The van der Waals surface area contributed by atoms with Gasteiger partial charge in [0.25, 0.3) is 0 Å². The van der Waals surface area contributed by atoms with Crippen LogP contribution in [0.15, 0.2) is 109 Å². The van der Waals surface area contributed by atoms with Crippen molar-refractivity contribution in [3.63, 3.8) is 0 Å². The van der Waals surface area contributed by atoms with E-state index < -0.39 is 0 Å². The van der Waals surface area contributed by atoms with Gasteiger partial charge in [-0.1, -0.05) is 77.9 Å². The van der Waals surface area contributed by atoms with Gasteiger partial charge in [-0.25, -0.2) is 0 Å². The first-order valence-corrected chi connectivity index (χ1v) is 11.6. The van der Waals surface area contributed by atoms with Crippen LogP contribution in [0.3, 0.4) is 0 Å². The van der Waals surface area contributed by atoms with Crippen molar-refractivity contribution in [2.24, 2.45) is 0 Å². The summed E-state index contributed by atoms with van der Waals surface area (Å²) in [6, 6.07) is 34.2. The minimum atomic E-state index is 0.870. The molecular weight excluding hydrogens is 414 g/mol. The summed E-state index contributed by atoms with van der Waals surface area (Å²) in [7, 11) is 1.68. The summed E-state index contributed by atoms with van der Waals surface area (Å²) in [6.07, 6.45) is 6.35. The SMILES string of the molecule is COc1ccc(C=CC=C(C)c2ccc(N(c3ccc(C)cc3)c3ccc(C)cc3)cc2)cc1. The molecule has 4 rings (SSSR count). The summed E-state index contributed by atoms with van der Waals surface area (Å²) in [5.41, 5.74) is 9.51. The third-order valence-corrected chi connectivity index (χ3v) is 5.92. The smallest absolute Gasteiger partial charge is 0.118 e. The van der Waals surface area contributed by atoms with Crippen molar-refractivity contribution in [3.8, 4) is 5.75 Å². The molecule has 34 heavy (non-hydrogen) atoms. The van der Waals surface area contributed by atoms with E-state index in [-0.39, 0.29) is 0 Å². The van der Waals surface area contributed by atoms with E-state index in [1.807, 2.05) is 12.1 Å². The molecule has 0 aliphatic rings. The number of hydrogen-bond acceptors (Lipinski definition) is 2. The van der Waals surface area contributed by atoms with E-state index in [2.05, 4.69) is 129 Å². The molecule has 2 heteroatoms. The molecule has 0 amide bonds. The summed E-state index contributed by atoms with van der Waals surface area (Å²) in [5, 5.41) is 0. The molecular formula is C32H31NO. The predicted octanol–water partition coefficient (Wildman–Crippen LogP) is 8.90. The van der Waals surface area contributed by atoms with Crippen LogP contribution in [0.1, 0.15) is 29.2 Å². The maximum Gasteiger partial charge on any atom is 0.118 e. The van der Waals surface area contributed by atoms with Crippen LogP contribution in [0.5, 0.6) is 5.75 Å². The van der Waals surface area contributed by atoms with E-state index >= 15 is 0 Å².